The summed E-state index contributed by atoms with van der Waals surface area (Å²) in [4.78, 5) is 22.9. The van der Waals surface area contributed by atoms with Crippen molar-refractivity contribution in [1.82, 2.24) is 15.3 Å². The number of hydrogen-bond donors (Lipinski definition) is 1. The number of carbonyl (C=O) groups excluding carboxylic acids is 1. The van der Waals surface area contributed by atoms with Gasteiger partial charge in [0.15, 0.2) is 0 Å². The molecule has 2 atom stereocenters. The molecular formula is C22H31InN4O. The van der Waals surface area contributed by atoms with Gasteiger partial charge in [-0.25, -0.2) is 0 Å². The Morgan fingerprint density at radius 3 is 2.54 bits per heavy atom. The quantitative estimate of drug-likeness (QED) is 0.700. The van der Waals surface area contributed by atoms with Gasteiger partial charge in [0.25, 0.3) is 0 Å². The van der Waals surface area contributed by atoms with Crippen LogP contribution in [0.2, 0.25) is 12.5 Å². The van der Waals surface area contributed by atoms with Crippen molar-refractivity contribution >= 4 is 33.0 Å². The Bertz CT molecular complexity index is 822. The summed E-state index contributed by atoms with van der Waals surface area (Å²) in [5.74, 6) is 1.50. The Labute approximate surface area is 176 Å². The molecule has 0 aliphatic carbocycles. The van der Waals surface area contributed by atoms with E-state index in [0.29, 0.717) is 5.92 Å². The zero-order chi connectivity index (χ0) is 20.3. The average Bonchev–Trinajstić information content (AvgIpc) is 2.66. The molecule has 5 nitrogen and oxygen atoms in total. The van der Waals surface area contributed by atoms with Crippen LogP contribution in [0.25, 0.3) is 11.3 Å². The molecule has 1 aromatic heterocycles. The van der Waals surface area contributed by atoms with Crippen molar-refractivity contribution in [3.8, 4) is 11.3 Å². The monoisotopic (exact) mass is 482 g/mol. The van der Waals surface area contributed by atoms with E-state index in [-0.39, 0.29) is 5.91 Å². The summed E-state index contributed by atoms with van der Waals surface area (Å²) in [6, 6.07) is 10.8. The fourth-order valence-corrected chi connectivity index (χ4v) is 12.9. The van der Waals surface area contributed by atoms with Crippen LogP contribution in [-0.2, 0) is 4.79 Å². The van der Waals surface area contributed by atoms with Crippen LogP contribution in [-0.4, -0.2) is 58.0 Å². The van der Waals surface area contributed by atoms with Gasteiger partial charge in [-0.05, 0) is 0 Å². The first kappa shape index (κ1) is 21.2. The van der Waals surface area contributed by atoms with E-state index in [1.165, 1.54) is 28.4 Å². The molecule has 1 fully saturated rings. The zero-order valence-corrected chi connectivity index (χ0v) is 21.0. The molecule has 148 valence electrons. The maximum atomic E-state index is 11.2. The molecular weight excluding hydrogens is 451 g/mol. The Hall–Kier alpha value is -1.56. The Kier molecular flexibility index (Phi) is 7.02. The first-order valence-corrected chi connectivity index (χ1v) is 17.7. The van der Waals surface area contributed by atoms with E-state index in [4.69, 9.17) is 9.97 Å². The standard InChI is InChI=1S/C21H28N4O.CH3.In/c1-15(8-6-7-13-22-17(3)26)20-14-21(24-16(2)23-20)18-9-11-19(12-10-18)25(4)5;;/h7,9-12,14-15H,1,6,8,13H2,2-5H3,(H,22,26);1H3;/t15-;;/m0../s1. The molecule has 1 N–H and O–H groups in total. The summed E-state index contributed by atoms with van der Waals surface area (Å²) in [7, 11) is 4.11. The second-order valence-corrected chi connectivity index (χ2v) is 18.0. The molecule has 2 aromatic rings. The van der Waals surface area contributed by atoms with Crippen molar-refractivity contribution in [2.75, 3.05) is 25.5 Å². The number of carbonyl (C=O) groups is 1. The number of hydrogen-bond acceptors (Lipinski definition) is 4. The van der Waals surface area contributed by atoms with E-state index in [1.54, 1.807) is 6.92 Å². The fourth-order valence-electron chi connectivity index (χ4n) is 4.18. The number of aromatic nitrogens is 2. The molecule has 0 radical (unpaired) electrons. The van der Waals surface area contributed by atoms with E-state index < -0.39 is 21.4 Å². The number of nitrogens with zero attached hydrogens (tertiary/aromatic N) is 3. The average molecular weight is 482 g/mol. The number of benzene rings is 1. The first-order chi connectivity index (χ1) is 13.3. The van der Waals surface area contributed by atoms with Gasteiger partial charge in [-0.3, -0.25) is 0 Å². The maximum absolute atomic E-state index is 11.2. The topological polar surface area (TPSA) is 58.1 Å². The van der Waals surface area contributed by atoms with Crippen LogP contribution in [0.15, 0.2) is 30.3 Å². The SMILES string of the molecule is CC(=O)NC[C@H]1CC[C@@H](c2cc(-c3ccc(N(C)C)cc3)nc(C)n2)[CH2][In]1[CH3]. The van der Waals surface area contributed by atoms with Crippen LogP contribution >= 0.6 is 0 Å². The number of rotatable bonds is 5. The molecule has 1 saturated heterocycles. The fraction of sp³-hybridized carbons (Fsp3) is 0.500. The van der Waals surface area contributed by atoms with Crippen molar-refractivity contribution in [2.45, 2.75) is 45.1 Å². The second kappa shape index (κ2) is 9.29. The summed E-state index contributed by atoms with van der Waals surface area (Å²) < 4.78 is 4.60. The zero-order valence-electron chi connectivity index (χ0n) is 17.7. The molecule has 6 heteroatoms. The molecule has 1 aliphatic heterocycles. The van der Waals surface area contributed by atoms with E-state index in [1.807, 2.05) is 6.92 Å². The summed E-state index contributed by atoms with van der Waals surface area (Å²) >= 11 is -1.65. The van der Waals surface area contributed by atoms with Crippen molar-refractivity contribution in [2.24, 2.45) is 0 Å². The van der Waals surface area contributed by atoms with Crippen LogP contribution < -0.4 is 10.2 Å². The summed E-state index contributed by atoms with van der Waals surface area (Å²) in [5.41, 5.74) is 4.57. The summed E-state index contributed by atoms with van der Waals surface area (Å²) in [6.45, 7) is 4.49. The third-order valence-corrected chi connectivity index (χ3v) is 15.9. The third-order valence-electron chi connectivity index (χ3n) is 5.92. The van der Waals surface area contributed by atoms with Gasteiger partial charge in [-0.15, -0.1) is 0 Å². The van der Waals surface area contributed by atoms with E-state index in [0.717, 1.165) is 27.3 Å². The Balaban J connectivity index is 1.76. The minimum absolute atomic E-state index is 0.0944. The second-order valence-electron chi connectivity index (χ2n) is 8.35. The molecule has 1 amide bonds. The first-order valence-electron chi connectivity index (χ1n) is 10.2. The molecule has 1 aliphatic rings. The Morgan fingerprint density at radius 1 is 1.21 bits per heavy atom. The van der Waals surface area contributed by atoms with Crippen molar-refractivity contribution in [3.05, 3.63) is 41.9 Å². The van der Waals surface area contributed by atoms with E-state index >= 15 is 0 Å². The van der Waals surface area contributed by atoms with Gasteiger partial charge >= 0.3 is 177 Å². The van der Waals surface area contributed by atoms with Crippen LogP contribution in [0.1, 0.15) is 37.2 Å². The van der Waals surface area contributed by atoms with Crippen molar-refractivity contribution in [1.29, 1.82) is 0 Å². The van der Waals surface area contributed by atoms with Crippen LogP contribution in [0.4, 0.5) is 5.69 Å². The molecule has 1 aromatic carbocycles. The van der Waals surface area contributed by atoms with Gasteiger partial charge in [-0.1, -0.05) is 0 Å². The number of aryl methyl sites for hydroxylation is 1. The van der Waals surface area contributed by atoms with Gasteiger partial charge < -0.3 is 0 Å². The minimum atomic E-state index is -1.65. The van der Waals surface area contributed by atoms with Crippen LogP contribution in [0.5, 0.6) is 0 Å². The van der Waals surface area contributed by atoms with Gasteiger partial charge in [0, 0.05) is 0 Å². The number of nitrogens with one attached hydrogen (secondary N) is 1. The van der Waals surface area contributed by atoms with Gasteiger partial charge in [0.2, 0.25) is 0 Å². The molecule has 28 heavy (non-hydrogen) atoms. The number of amides is 1. The van der Waals surface area contributed by atoms with Crippen molar-refractivity contribution in [3.63, 3.8) is 0 Å². The predicted octanol–water partition coefficient (Wildman–Crippen LogP) is 4.03. The molecule has 2 heterocycles. The molecule has 0 bridgehead atoms. The van der Waals surface area contributed by atoms with E-state index in [2.05, 4.69) is 59.3 Å². The van der Waals surface area contributed by atoms with Crippen LogP contribution in [0.3, 0.4) is 0 Å². The number of anilines is 1. The molecule has 3 rings (SSSR count). The van der Waals surface area contributed by atoms with Crippen molar-refractivity contribution < 1.29 is 4.79 Å². The van der Waals surface area contributed by atoms with Gasteiger partial charge in [0.1, 0.15) is 0 Å². The normalized spacial score (nSPS) is 19.4. The summed E-state index contributed by atoms with van der Waals surface area (Å²) in [5, 5.41) is 3.04. The molecule has 0 saturated carbocycles. The Morgan fingerprint density at radius 2 is 1.93 bits per heavy atom. The van der Waals surface area contributed by atoms with E-state index in [9.17, 15) is 4.79 Å². The van der Waals surface area contributed by atoms with Gasteiger partial charge in [0.05, 0.1) is 0 Å². The molecule has 0 unspecified atom stereocenters. The summed E-state index contributed by atoms with van der Waals surface area (Å²) in [6.07, 6.45) is 2.39. The third kappa shape index (κ3) is 5.28. The molecule has 0 spiro atoms. The predicted molar refractivity (Wildman–Crippen MR) is 117 cm³/mol. The van der Waals surface area contributed by atoms with Gasteiger partial charge in [-0.2, -0.15) is 0 Å². The van der Waals surface area contributed by atoms with Crippen LogP contribution in [0, 0.1) is 6.92 Å².